The second kappa shape index (κ2) is 6.68. The molecule has 0 bridgehead atoms. The summed E-state index contributed by atoms with van der Waals surface area (Å²) < 4.78 is 1.44. The molecule has 132 valence electrons. The number of carbonyl (C=O) groups is 1. The summed E-state index contributed by atoms with van der Waals surface area (Å²) in [5.41, 5.74) is 2.04. The maximum atomic E-state index is 12.8. The van der Waals surface area contributed by atoms with E-state index in [1.807, 2.05) is 30.3 Å². The largest absolute Gasteiger partial charge is 0.383 e. The van der Waals surface area contributed by atoms with E-state index in [4.69, 9.17) is 0 Å². The van der Waals surface area contributed by atoms with Crippen molar-refractivity contribution in [2.24, 2.45) is 0 Å². The van der Waals surface area contributed by atoms with Crippen molar-refractivity contribution in [2.75, 3.05) is 6.54 Å². The second-order valence-electron chi connectivity index (χ2n) is 6.50. The lowest BCUT2D eigenvalue weighted by Gasteiger charge is -2.34. The predicted molar refractivity (Wildman–Crippen MR) is 94.8 cm³/mol. The van der Waals surface area contributed by atoms with Gasteiger partial charge in [0, 0.05) is 0 Å². The van der Waals surface area contributed by atoms with E-state index >= 15 is 0 Å². The van der Waals surface area contributed by atoms with Crippen molar-refractivity contribution < 1.29 is 9.90 Å². The van der Waals surface area contributed by atoms with Gasteiger partial charge in [0.15, 0.2) is 0 Å². The number of hydrogen-bond donors (Lipinski definition) is 2. The molecule has 7 heteroatoms. The average Bonchev–Trinajstić information content (AvgIpc) is 3.21. The van der Waals surface area contributed by atoms with Crippen LogP contribution in [0.15, 0.2) is 54.9 Å². The predicted octanol–water partition coefficient (Wildman–Crippen LogP) is 1.62. The minimum Gasteiger partial charge on any atom is -0.383 e. The average molecular weight is 349 g/mol. The standard InChI is InChI=1S/C19H19N5O2/c25-18(15-8-2-4-10-17(15)24-13-21-22-23-24)20-12-19(26)11-5-7-14-6-1-3-9-16(14)19/h1-4,6,8-10,13,26H,5,7,11-12H2,(H,20,25). The summed E-state index contributed by atoms with van der Waals surface area (Å²) in [7, 11) is 0. The number of aryl methyl sites for hydroxylation is 1. The van der Waals surface area contributed by atoms with Crippen molar-refractivity contribution in [3.05, 3.63) is 71.5 Å². The number of tetrazole rings is 1. The van der Waals surface area contributed by atoms with Crippen LogP contribution in [0, 0.1) is 0 Å². The first-order valence-corrected chi connectivity index (χ1v) is 8.59. The maximum Gasteiger partial charge on any atom is 0.253 e. The van der Waals surface area contributed by atoms with Crippen LogP contribution in [-0.2, 0) is 12.0 Å². The fourth-order valence-electron chi connectivity index (χ4n) is 3.54. The molecule has 4 rings (SSSR count). The van der Waals surface area contributed by atoms with E-state index in [1.165, 1.54) is 11.0 Å². The van der Waals surface area contributed by atoms with Gasteiger partial charge in [0.25, 0.3) is 5.91 Å². The smallest absolute Gasteiger partial charge is 0.253 e. The lowest BCUT2D eigenvalue weighted by molar-refractivity contribution is 0.0189. The number of hydrogen-bond acceptors (Lipinski definition) is 5. The quantitative estimate of drug-likeness (QED) is 0.747. The zero-order chi connectivity index (χ0) is 18.0. The summed E-state index contributed by atoms with van der Waals surface area (Å²) in [6.45, 7) is 0.160. The number of nitrogens with one attached hydrogen (secondary N) is 1. The molecule has 1 unspecified atom stereocenters. The first-order valence-electron chi connectivity index (χ1n) is 8.59. The molecular weight excluding hydrogens is 330 g/mol. The molecule has 0 radical (unpaired) electrons. The lowest BCUT2D eigenvalue weighted by atomic mass is 9.79. The molecule has 3 aromatic rings. The van der Waals surface area contributed by atoms with E-state index in [2.05, 4.69) is 20.8 Å². The summed E-state index contributed by atoms with van der Waals surface area (Å²) >= 11 is 0. The van der Waals surface area contributed by atoms with Crippen LogP contribution in [0.25, 0.3) is 5.69 Å². The minimum atomic E-state index is -1.05. The van der Waals surface area contributed by atoms with Gasteiger partial charge in [-0.25, -0.2) is 0 Å². The van der Waals surface area contributed by atoms with Crippen LogP contribution >= 0.6 is 0 Å². The molecule has 1 aromatic heterocycles. The van der Waals surface area contributed by atoms with Crippen LogP contribution in [0.5, 0.6) is 0 Å². The Bertz CT molecular complexity index is 925. The summed E-state index contributed by atoms with van der Waals surface area (Å²) in [6.07, 6.45) is 3.91. The van der Waals surface area contributed by atoms with Gasteiger partial charge >= 0.3 is 0 Å². The zero-order valence-corrected chi connectivity index (χ0v) is 14.2. The van der Waals surface area contributed by atoms with Crippen molar-refractivity contribution >= 4 is 5.91 Å². The fraction of sp³-hybridized carbons (Fsp3) is 0.263. The molecule has 0 spiro atoms. The molecular formula is C19H19N5O2. The van der Waals surface area contributed by atoms with E-state index < -0.39 is 5.60 Å². The highest BCUT2D eigenvalue weighted by atomic mass is 16.3. The van der Waals surface area contributed by atoms with E-state index in [-0.39, 0.29) is 12.5 Å². The van der Waals surface area contributed by atoms with Gasteiger partial charge in [-0.2, -0.15) is 4.68 Å². The molecule has 1 aliphatic carbocycles. The number of para-hydroxylation sites is 1. The highest BCUT2D eigenvalue weighted by molar-refractivity contribution is 5.97. The molecule has 1 heterocycles. The highest BCUT2D eigenvalue weighted by Gasteiger charge is 2.34. The van der Waals surface area contributed by atoms with Crippen LogP contribution < -0.4 is 5.32 Å². The van der Waals surface area contributed by atoms with Crippen LogP contribution in [0.3, 0.4) is 0 Å². The van der Waals surface area contributed by atoms with E-state index in [9.17, 15) is 9.90 Å². The van der Waals surface area contributed by atoms with Gasteiger partial charge in [-0.1, -0.05) is 36.4 Å². The first kappa shape index (κ1) is 16.4. The van der Waals surface area contributed by atoms with Gasteiger partial charge in [-0.05, 0) is 52.9 Å². The van der Waals surface area contributed by atoms with Crippen molar-refractivity contribution in [1.82, 2.24) is 25.5 Å². The molecule has 0 saturated heterocycles. The Labute approximate surface area is 150 Å². The van der Waals surface area contributed by atoms with Gasteiger partial charge in [-0.15, -0.1) is 5.10 Å². The molecule has 2 aromatic carbocycles. The summed E-state index contributed by atoms with van der Waals surface area (Å²) in [5, 5.41) is 25.1. The van der Waals surface area contributed by atoms with Gasteiger partial charge in [0.2, 0.25) is 0 Å². The third kappa shape index (κ3) is 2.97. The Kier molecular flexibility index (Phi) is 4.22. The monoisotopic (exact) mass is 349 g/mol. The number of aliphatic hydroxyl groups is 1. The molecule has 2 N–H and O–H groups in total. The van der Waals surface area contributed by atoms with Crippen molar-refractivity contribution in [3.8, 4) is 5.69 Å². The summed E-state index contributed by atoms with van der Waals surface area (Å²) in [6, 6.07) is 15.0. The second-order valence-corrected chi connectivity index (χ2v) is 6.50. The lowest BCUT2D eigenvalue weighted by Crippen LogP contribution is -2.43. The van der Waals surface area contributed by atoms with Gasteiger partial charge in [0.1, 0.15) is 11.9 Å². The van der Waals surface area contributed by atoms with E-state index in [0.717, 1.165) is 24.0 Å². The molecule has 1 aliphatic rings. The van der Waals surface area contributed by atoms with Crippen LogP contribution in [0.4, 0.5) is 0 Å². The van der Waals surface area contributed by atoms with E-state index in [1.54, 1.807) is 18.2 Å². The SMILES string of the molecule is O=C(NCC1(O)CCCc2ccccc21)c1ccccc1-n1cnnn1. The van der Waals surface area contributed by atoms with Crippen molar-refractivity contribution in [3.63, 3.8) is 0 Å². The van der Waals surface area contributed by atoms with Crippen molar-refractivity contribution in [2.45, 2.75) is 24.9 Å². The molecule has 0 fully saturated rings. The van der Waals surface area contributed by atoms with Gasteiger partial charge in [-0.3, -0.25) is 4.79 Å². The molecule has 1 atom stereocenters. The normalized spacial score (nSPS) is 19.0. The summed E-state index contributed by atoms with van der Waals surface area (Å²) in [5.74, 6) is -0.271. The third-order valence-corrected chi connectivity index (χ3v) is 4.84. The van der Waals surface area contributed by atoms with Crippen LogP contribution in [-0.4, -0.2) is 37.8 Å². The Morgan fingerprint density at radius 3 is 2.85 bits per heavy atom. The zero-order valence-electron chi connectivity index (χ0n) is 14.2. The Hall–Kier alpha value is -3.06. The third-order valence-electron chi connectivity index (χ3n) is 4.84. The summed E-state index contributed by atoms with van der Waals surface area (Å²) in [4.78, 5) is 12.8. The Morgan fingerprint density at radius 2 is 2.00 bits per heavy atom. The van der Waals surface area contributed by atoms with Gasteiger partial charge in [0.05, 0.1) is 17.8 Å². The van der Waals surface area contributed by atoms with E-state index in [0.29, 0.717) is 17.7 Å². The van der Waals surface area contributed by atoms with Crippen molar-refractivity contribution in [1.29, 1.82) is 0 Å². The Morgan fingerprint density at radius 1 is 1.19 bits per heavy atom. The molecule has 26 heavy (non-hydrogen) atoms. The number of aromatic nitrogens is 4. The topological polar surface area (TPSA) is 92.9 Å². The molecule has 0 saturated carbocycles. The molecule has 7 nitrogen and oxygen atoms in total. The Balaban J connectivity index is 1.56. The minimum absolute atomic E-state index is 0.160. The highest BCUT2D eigenvalue weighted by Crippen LogP contribution is 2.34. The number of amides is 1. The maximum absolute atomic E-state index is 12.8. The number of rotatable bonds is 4. The first-order chi connectivity index (χ1) is 12.7. The number of carbonyl (C=O) groups excluding carboxylic acids is 1. The number of benzene rings is 2. The molecule has 1 amide bonds. The van der Waals surface area contributed by atoms with Gasteiger partial charge < -0.3 is 10.4 Å². The van der Waals surface area contributed by atoms with Crippen LogP contribution in [0.1, 0.15) is 34.3 Å². The molecule has 0 aliphatic heterocycles. The van der Waals surface area contributed by atoms with Crippen LogP contribution in [0.2, 0.25) is 0 Å². The number of fused-ring (bicyclic) bond motifs is 1. The number of nitrogens with zero attached hydrogens (tertiary/aromatic N) is 4. The fourth-order valence-corrected chi connectivity index (χ4v) is 3.54.